The minimum absolute atomic E-state index is 0.635. The Morgan fingerprint density at radius 1 is 1.35 bits per heavy atom. The molecule has 0 saturated carbocycles. The van der Waals surface area contributed by atoms with Crippen LogP contribution in [0.5, 0.6) is 5.75 Å². The molecule has 4 nitrogen and oxygen atoms in total. The van der Waals surface area contributed by atoms with Crippen LogP contribution in [0.1, 0.15) is 17.0 Å². The fraction of sp³-hybridized carbons (Fsp3) is 0.400. The molecule has 108 valence electrons. The molecule has 0 unspecified atom stereocenters. The average molecular weight is 338 g/mol. The number of ether oxygens (including phenoxy) is 1. The zero-order valence-electron chi connectivity index (χ0n) is 12.1. The van der Waals surface area contributed by atoms with Gasteiger partial charge in [-0.05, 0) is 38.6 Å². The van der Waals surface area contributed by atoms with E-state index in [4.69, 9.17) is 4.74 Å². The lowest BCUT2D eigenvalue weighted by molar-refractivity contribution is 0.292. The normalized spacial score (nSPS) is 10.8. The first-order chi connectivity index (χ1) is 9.61. The van der Waals surface area contributed by atoms with Gasteiger partial charge < -0.3 is 14.6 Å². The summed E-state index contributed by atoms with van der Waals surface area (Å²) in [5.41, 5.74) is 2.31. The minimum Gasteiger partial charge on any atom is -0.491 e. The first-order valence-corrected chi connectivity index (χ1v) is 7.45. The Labute approximate surface area is 128 Å². The molecule has 1 aromatic carbocycles. The second kappa shape index (κ2) is 6.90. The van der Waals surface area contributed by atoms with Crippen LogP contribution in [0.15, 0.2) is 29.0 Å². The van der Waals surface area contributed by atoms with Crippen molar-refractivity contribution < 1.29 is 4.74 Å². The number of aryl methyl sites for hydroxylation is 2. The van der Waals surface area contributed by atoms with E-state index in [0.717, 1.165) is 34.7 Å². The highest BCUT2D eigenvalue weighted by molar-refractivity contribution is 9.10. The molecule has 0 atom stereocenters. The number of rotatable bonds is 6. The van der Waals surface area contributed by atoms with Gasteiger partial charge in [0.1, 0.15) is 18.2 Å². The predicted octanol–water partition coefficient (Wildman–Crippen LogP) is 3.06. The lowest BCUT2D eigenvalue weighted by atomic mass is 10.1. The lowest BCUT2D eigenvalue weighted by Gasteiger charge is -2.15. The summed E-state index contributed by atoms with van der Waals surface area (Å²) in [7, 11) is 1.94. The maximum absolute atomic E-state index is 5.99. The maximum Gasteiger partial charge on any atom is 0.126 e. The molecule has 0 radical (unpaired) electrons. The SMILES string of the molecule is CNCc1cc(Br)cc(C)c1OCCn1ccnc1C. The highest BCUT2D eigenvalue weighted by atomic mass is 79.9. The van der Waals surface area contributed by atoms with Gasteiger partial charge in [0.25, 0.3) is 0 Å². The summed E-state index contributed by atoms with van der Waals surface area (Å²) in [6.45, 7) is 6.30. The monoisotopic (exact) mass is 337 g/mol. The fourth-order valence-corrected chi connectivity index (χ4v) is 2.83. The third kappa shape index (κ3) is 3.61. The van der Waals surface area contributed by atoms with E-state index in [0.29, 0.717) is 6.61 Å². The number of benzene rings is 1. The summed E-state index contributed by atoms with van der Waals surface area (Å²) in [6.07, 6.45) is 3.79. The van der Waals surface area contributed by atoms with Gasteiger partial charge in [-0.15, -0.1) is 0 Å². The lowest BCUT2D eigenvalue weighted by Crippen LogP contribution is -2.12. The Balaban J connectivity index is 2.06. The molecule has 0 aliphatic heterocycles. The van der Waals surface area contributed by atoms with Crippen molar-refractivity contribution >= 4 is 15.9 Å². The molecule has 20 heavy (non-hydrogen) atoms. The number of nitrogens with zero attached hydrogens (tertiary/aromatic N) is 2. The molecule has 0 aliphatic rings. The molecule has 2 aromatic rings. The molecule has 0 bridgehead atoms. The molecule has 1 N–H and O–H groups in total. The quantitative estimate of drug-likeness (QED) is 0.880. The number of aromatic nitrogens is 2. The van der Waals surface area contributed by atoms with Crippen LogP contribution in [0.25, 0.3) is 0 Å². The standard InChI is InChI=1S/C15H20BrN3O/c1-11-8-14(16)9-13(10-17-3)15(11)20-7-6-19-5-4-18-12(19)2/h4-5,8-9,17H,6-7,10H2,1-3H3. The van der Waals surface area contributed by atoms with Crippen LogP contribution in [-0.2, 0) is 13.1 Å². The van der Waals surface area contributed by atoms with Gasteiger partial charge in [0.15, 0.2) is 0 Å². The summed E-state index contributed by atoms with van der Waals surface area (Å²) in [5, 5.41) is 3.18. The zero-order chi connectivity index (χ0) is 14.5. The van der Waals surface area contributed by atoms with Crippen molar-refractivity contribution in [1.29, 1.82) is 0 Å². The van der Waals surface area contributed by atoms with Gasteiger partial charge in [-0.3, -0.25) is 0 Å². The van der Waals surface area contributed by atoms with Crippen molar-refractivity contribution in [3.63, 3.8) is 0 Å². The van der Waals surface area contributed by atoms with Gasteiger partial charge in [-0.25, -0.2) is 4.98 Å². The topological polar surface area (TPSA) is 39.1 Å². The molecule has 1 heterocycles. The number of imidazole rings is 1. The average Bonchev–Trinajstić information content (AvgIpc) is 2.78. The van der Waals surface area contributed by atoms with Crippen molar-refractivity contribution in [3.8, 4) is 5.75 Å². The second-order valence-electron chi connectivity index (χ2n) is 4.76. The van der Waals surface area contributed by atoms with Crippen molar-refractivity contribution in [3.05, 3.63) is 46.0 Å². The van der Waals surface area contributed by atoms with Gasteiger partial charge >= 0.3 is 0 Å². The van der Waals surface area contributed by atoms with E-state index >= 15 is 0 Å². The van der Waals surface area contributed by atoms with Crippen LogP contribution in [0.4, 0.5) is 0 Å². The van der Waals surface area contributed by atoms with Gasteiger partial charge in [-0.2, -0.15) is 0 Å². The zero-order valence-corrected chi connectivity index (χ0v) is 13.7. The summed E-state index contributed by atoms with van der Waals surface area (Å²) >= 11 is 3.53. The molecule has 2 rings (SSSR count). The maximum atomic E-state index is 5.99. The molecule has 0 aliphatic carbocycles. The third-order valence-corrected chi connectivity index (χ3v) is 3.64. The van der Waals surface area contributed by atoms with Crippen molar-refractivity contribution in [2.75, 3.05) is 13.7 Å². The molecule has 0 saturated heterocycles. The van der Waals surface area contributed by atoms with E-state index in [1.54, 1.807) is 0 Å². The van der Waals surface area contributed by atoms with Crippen LogP contribution >= 0.6 is 15.9 Å². The first kappa shape index (κ1) is 15.1. The summed E-state index contributed by atoms with van der Waals surface area (Å²) in [5.74, 6) is 1.98. The first-order valence-electron chi connectivity index (χ1n) is 6.66. The van der Waals surface area contributed by atoms with Crippen LogP contribution < -0.4 is 10.1 Å². The number of nitrogens with one attached hydrogen (secondary N) is 1. The molecule has 1 aromatic heterocycles. The van der Waals surface area contributed by atoms with E-state index in [-0.39, 0.29) is 0 Å². The Hall–Kier alpha value is -1.33. The smallest absolute Gasteiger partial charge is 0.126 e. The minimum atomic E-state index is 0.635. The fourth-order valence-electron chi connectivity index (χ4n) is 2.21. The molecule has 0 spiro atoms. The van der Waals surface area contributed by atoms with Gasteiger partial charge in [0.2, 0.25) is 0 Å². The third-order valence-electron chi connectivity index (χ3n) is 3.19. The van der Waals surface area contributed by atoms with Crippen LogP contribution in [0.2, 0.25) is 0 Å². The number of halogens is 1. The molecule has 5 heteroatoms. The number of hydrogen-bond acceptors (Lipinski definition) is 3. The predicted molar refractivity (Wildman–Crippen MR) is 84.1 cm³/mol. The van der Waals surface area contributed by atoms with E-state index < -0.39 is 0 Å². The van der Waals surface area contributed by atoms with Gasteiger partial charge in [0, 0.05) is 29.0 Å². The van der Waals surface area contributed by atoms with Gasteiger partial charge in [0.05, 0.1) is 6.54 Å². The van der Waals surface area contributed by atoms with Crippen molar-refractivity contribution in [2.45, 2.75) is 26.9 Å². The Morgan fingerprint density at radius 2 is 2.15 bits per heavy atom. The largest absolute Gasteiger partial charge is 0.491 e. The Bertz CT molecular complexity index is 580. The summed E-state index contributed by atoms with van der Waals surface area (Å²) < 4.78 is 9.17. The molecular weight excluding hydrogens is 318 g/mol. The Morgan fingerprint density at radius 3 is 2.80 bits per heavy atom. The van der Waals surface area contributed by atoms with Crippen molar-refractivity contribution in [1.82, 2.24) is 14.9 Å². The number of hydrogen-bond donors (Lipinski definition) is 1. The molecular formula is C15H20BrN3O. The molecule has 0 fully saturated rings. The highest BCUT2D eigenvalue weighted by Gasteiger charge is 2.09. The van der Waals surface area contributed by atoms with E-state index in [2.05, 4.69) is 49.9 Å². The highest BCUT2D eigenvalue weighted by Crippen LogP contribution is 2.28. The Kier molecular flexibility index (Phi) is 5.20. The van der Waals surface area contributed by atoms with Crippen LogP contribution in [0.3, 0.4) is 0 Å². The second-order valence-corrected chi connectivity index (χ2v) is 5.67. The van der Waals surface area contributed by atoms with E-state index in [1.165, 1.54) is 5.56 Å². The van der Waals surface area contributed by atoms with Crippen molar-refractivity contribution in [2.24, 2.45) is 0 Å². The summed E-state index contributed by atoms with van der Waals surface area (Å²) in [4.78, 5) is 4.21. The van der Waals surface area contributed by atoms with Crippen LogP contribution in [0, 0.1) is 13.8 Å². The van der Waals surface area contributed by atoms with E-state index in [1.807, 2.05) is 26.4 Å². The van der Waals surface area contributed by atoms with E-state index in [9.17, 15) is 0 Å². The molecule has 0 amide bonds. The summed E-state index contributed by atoms with van der Waals surface area (Å²) in [6, 6.07) is 4.18. The van der Waals surface area contributed by atoms with Gasteiger partial charge in [-0.1, -0.05) is 15.9 Å². The van der Waals surface area contributed by atoms with Crippen LogP contribution in [-0.4, -0.2) is 23.2 Å².